The number of nitrogens with zero attached hydrogens (tertiary/aromatic N) is 3. The molecule has 2 heterocycles. The van der Waals surface area contributed by atoms with Gasteiger partial charge in [-0.15, -0.1) is 10.2 Å². The van der Waals surface area contributed by atoms with Gasteiger partial charge in [-0.3, -0.25) is 9.36 Å². The second-order valence-corrected chi connectivity index (χ2v) is 10.5. The van der Waals surface area contributed by atoms with Gasteiger partial charge in [0.05, 0.1) is 11.6 Å². The summed E-state index contributed by atoms with van der Waals surface area (Å²) in [5.41, 5.74) is 4.01. The maximum absolute atomic E-state index is 14.2. The number of nitrogens with one attached hydrogen (secondary N) is 1. The van der Waals surface area contributed by atoms with Gasteiger partial charge in [-0.1, -0.05) is 84.0 Å². The number of ketones is 1. The highest BCUT2D eigenvalue weighted by molar-refractivity contribution is 8.00. The lowest BCUT2D eigenvalue weighted by atomic mass is 10.0. The predicted octanol–water partition coefficient (Wildman–Crippen LogP) is 8.18. The third kappa shape index (κ3) is 5.01. The molecule has 40 heavy (non-hydrogen) atoms. The number of aromatic nitrogens is 4. The second-order valence-electron chi connectivity index (χ2n) is 9.07. The van der Waals surface area contributed by atoms with Gasteiger partial charge in [0.1, 0.15) is 11.0 Å². The fourth-order valence-electron chi connectivity index (χ4n) is 4.68. The van der Waals surface area contributed by atoms with Crippen LogP contribution in [0.5, 0.6) is 5.75 Å². The van der Waals surface area contributed by atoms with Gasteiger partial charge in [0.25, 0.3) is 0 Å². The number of halogens is 1. The third-order valence-corrected chi connectivity index (χ3v) is 8.10. The van der Waals surface area contributed by atoms with E-state index in [9.17, 15) is 4.79 Å². The Hall–Kier alpha value is -4.33. The summed E-state index contributed by atoms with van der Waals surface area (Å²) in [4.78, 5) is 17.4. The summed E-state index contributed by atoms with van der Waals surface area (Å²) in [7, 11) is 0. The molecule has 0 saturated carbocycles. The van der Waals surface area contributed by atoms with E-state index in [0.717, 1.165) is 33.5 Å². The Balaban J connectivity index is 1.48. The topological polar surface area (TPSA) is 72.8 Å². The Kier molecular flexibility index (Phi) is 7.40. The van der Waals surface area contributed by atoms with Crippen LogP contribution >= 0.6 is 23.4 Å². The molecule has 198 valence electrons. The van der Waals surface area contributed by atoms with Crippen LogP contribution in [-0.2, 0) is 0 Å². The molecule has 0 aliphatic heterocycles. The molecule has 4 aromatic carbocycles. The van der Waals surface area contributed by atoms with E-state index < -0.39 is 5.25 Å². The number of thioether (sulfide) groups is 1. The summed E-state index contributed by atoms with van der Waals surface area (Å²) in [6.45, 7) is 2.53. The van der Waals surface area contributed by atoms with Crippen molar-refractivity contribution in [2.75, 3.05) is 6.61 Å². The Morgan fingerprint density at radius 2 is 1.65 bits per heavy atom. The third-order valence-electron chi connectivity index (χ3n) is 6.57. The number of H-pyrrole nitrogens is 1. The van der Waals surface area contributed by atoms with Gasteiger partial charge in [-0.2, -0.15) is 0 Å². The number of aromatic amines is 1. The van der Waals surface area contributed by atoms with Gasteiger partial charge >= 0.3 is 0 Å². The number of benzene rings is 4. The molecule has 0 radical (unpaired) electrons. The molecule has 0 aliphatic carbocycles. The number of hydrogen-bond donors (Lipinski definition) is 1. The van der Waals surface area contributed by atoms with E-state index in [2.05, 4.69) is 15.2 Å². The van der Waals surface area contributed by atoms with Gasteiger partial charge in [-0.05, 0) is 55.0 Å². The van der Waals surface area contributed by atoms with E-state index in [1.807, 2.05) is 115 Å². The monoisotopic (exact) mass is 564 g/mol. The standard InChI is InChI=1S/C32H25ClN4O2S/c1-2-39-23-18-16-22(17-19-23)37-31(25-13-6-8-14-27(25)33)35-36-32(37)40-30(21-10-4-3-5-11-21)29(38)26-20-34-28-15-9-7-12-24(26)28/h3-20,30,34H,2H2,1H3. The number of carbonyl (C=O) groups is 1. The Morgan fingerprint density at radius 1 is 0.925 bits per heavy atom. The lowest BCUT2D eigenvalue weighted by Gasteiger charge is -2.17. The zero-order valence-corrected chi connectivity index (χ0v) is 23.2. The van der Waals surface area contributed by atoms with Crippen LogP contribution in [0.1, 0.15) is 28.1 Å². The first-order valence-electron chi connectivity index (χ1n) is 12.9. The lowest BCUT2D eigenvalue weighted by Crippen LogP contribution is -2.11. The second kappa shape index (κ2) is 11.4. The highest BCUT2D eigenvalue weighted by atomic mass is 35.5. The number of hydrogen-bond acceptors (Lipinski definition) is 5. The minimum absolute atomic E-state index is 0.0193. The normalized spacial score (nSPS) is 11.9. The van der Waals surface area contributed by atoms with Gasteiger partial charge in [0, 0.05) is 33.9 Å². The van der Waals surface area contributed by atoms with Crippen LogP contribution in [0.15, 0.2) is 114 Å². The first-order chi connectivity index (χ1) is 19.6. The molecule has 1 unspecified atom stereocenters. The van der Waals surface area contributed by atoms with Crippen molar-refractivity contribution in [1.29, 1.82) is 0 Å². The maximum Gasteiger partial charge on any atom is 0.197 e. The molecule has 0 fully saturated rings. The van der Waals surface area contributed by atoms with Crippen LogP contribution in [0.25, 0.3) is 28.0 Å². The first kappa shape index (κ1) is 25.9. The average molecular weight is 565 g/mol. The molecule has 0 saturated heterocycles. The molecule has 6 rings (SSSR count). The number of rotatable bonds is 9. The Labute approximate surface area is 241 Å². The molecule has 1 N–H and O–H groups in total. The number of ether oxygens (including phenoxy) is 1. The summed E-state index contributed by atoms with van der Waals surface area (Å²) in [6, 6.07) is 32.9. The van der Waals surface area contributed by atoms with Gasteiger partial charge in [0.15, 0.2) is 16.8 Å². The zero-order valence-electron chi connectivity index (χ0n) is 21.6. The van der Waals surface area contributed by atoms with Gasteiger partial charge in [0.2, 0.25) is 0 Å². The van der Waals surface area contributed by atoms with Crippen molar-refractivity contribution in [3.05, 3.63) is 125 Å². The van der Waals surface area contributed by atoms with E-state index >= 15 is 0 Å². The molecular formula is C32H25ClN4O2S. The molecule has 0 aliphatic rings. The van der Waals surface area contributed by atoms with E-state index in [4.69, 9.17) is 16.3 Å². The van der Waals surface area contributed by atoms with Crippen molar-refractivity contribution in [1.82, 2.24) is 19.7 Å². The number of carbonyl (C=O) groups excluding carboxylic acids is 1. The lowest BCUT2D eigenvalue weighted by molar-refractivity contribution is 0.0991. The van der Waals surface area contributed by atoms with E-state index in [0.29, 0.717) is 28.2 Å². The SMILES string of the molecule is CCOc1ccc(-n2c(SC(C(=O)c3c[nH]c4ccccc34)c3ccccc3)nnc2-c2ccccc2Cl)cc1. The van der Waals surface area contributed by atoms with Crippen molar-refractivity contribution < 1.29 is 9.53 Å². The van der Waals surface area contributed by atoms with Gasteiger partial charge < -0.3 is 9.72 Å². The van der Waals surface area contributed by atoms with Crippen LogP contribution in [0.3, 0.4) is 0 Å². The summed E-state index contributed by atoms with van der Waals surface area (Å²) in [5.74, 6) is 1.34. The van der Waals surface area contributed by atoms with E-state index in [1.165, 1.54) is 11.8 Å². The van der Waals surface area contributed by atoms with Crippen molar-refractivity contribution in [3.63, 3.8) is 0 Å². The van der Waals surface area contributed by atoms with Crippen LogP contribution in [-0.4, -0.2) is 32.1 Å². The molecule has 0 spiro atoms. The number of fused-ring (bicyclic) bond motifs is 1. The highest BCUT2D eigenvalue weighted by Gasteiger charge is 2.29. The maximum atomic E-state index is 14.2. The number of Topliss-reactive ketones (excluding diaryl/α,β-unsaturated/α-hetero) is 1. The zero-order chi connectivity index (χ0) is 27.5. The average Bonchev–Trinajstić information content (AvgIpc) is 3.61. The van der Waals surface area contributed by atoms with Crippen molar-refractivity contribution in [2.24, 2.45) is 0 Å². The molecular weight excluding hydrogens is 540 g/mol. The van der Waals surface area contributed by atoms with Crippen LogP contribution in [0, 0.1) is 0 Å². The molecule has 6 nitrogen and oxygen atoms in total. The van der Waals surface area contributed by atoms with Crippen molar-refractivity contribution >= 4 is 40.0 Å². The highest BCUT2D eigenvalue weighted by Crippen LogP contribution is 2.41. The van der Waals surface area contributed by atoms with Crippen LogP contribution < -0.4 is 4.74 Å². The minimum Gasteiger partial charge on any atom is -0.494 e. The molecule has 0 amide bonds. The van der Waals surface area contributed by atoms with Gasteiger partial charge in [-0.25, -0.2) is 0 Å². The fourth-order valence-corrected chi connectivity index (χ4v) is 6.02. The van der Waals surface area contributed by atoms with Crippen LogP contribution in [0.2, 0.25) is 5.02 Å². The van der Waals surface area contributed by atoms with E-state index in [-0.39, 0.29) is 5.78 Å². The summed E-state index contributed by atoms with van der Waals surface area (Å²) in [6.07, 6.45) is 1.79. The van der Waals surface area contributed by atoms with E-state index in [1.54, 1.807) is 6.20 Å². The molecule has 1 atom stereocenters. The predicted molar refractivity (Wildman–Crippen MR) is 161 cm³/mol. The molecule has 2 aromatic heterocycles. The molecule has 6 aromatic rings. The number of para-hydroxylation sites is 1. The quantitative estimate of drug-likeness (QED) is 0.141. The van der Waals surface area contributed by atoms with Crippen LogP contribution in [0.4, 0.5) is 0 Å². The minimum atomic E-state index is -0.565. The molecule has 8 heteroatoms. The largest absolute Gasteiger partial charge is 0.494 e. The summed E-state index contributed by atoms with van der Waals surface area (Å²) in [5, 5.41) is 10.6. The summed E-state index contributed by atoms with van der Waals surface area (Å²) < 4.78 is 7.60. The smallest absolute Gasteiger partial charge is 0.197 e. The van der Waals surface area contributed by atoms with Crippen molar-refractivity contribution in [2.45, 2.75) is 17.3 Å². The molecule has 0 bridgehead atoms. The fraction of sp³-hybridized carbons (Fsp3) is 0.0938. The van der Waals surface area contributed by atoms with Crippen molar-refractivity contribution in [3.8, 4) is 22.8 Å². The Bertz CT molecular complexity index is 1780. The first-order valence-corrected chi connectivity index (χ1v) is 14.1. The summed E-state index contributed by atoms with van der Waals surface area (Å²) >= 11 is 7.97. The Morgan fingerprint density at radius 3 is 2.42 bits per heavy atom.